The van der Waals surface area contributed by atoms with Crippen LogP contribution in [0.5, 0.6) is 0 Å². The first-order valence-corrected chi connectivity index (χ1v) is 9.51. The summed E-state index contributed by atoms with van der Waals surface area (Å²) in [5.41, 5.74) is 9.51. The second-order valence-electron chi connectivity index (χ2n) is 4.46. The van der Waals surface area contributed by atoms with E-state index in [1.807, 2.05) is 0 Å². The van der Waals surface area contributed by atoms with Gasteiger partial charge in [0, 0.05) is 0 Å². The van der Waals surface area contributed by atoms with E-state index >= 15 is 0 Å². The van der Waals surface area contributed by atoms with Gasteiger partial charge in [-0.3, -0.25) is 0 Å². The van der Waals surface area contributed by atoms with Crippen LogP contribution in [0.3, 0.4) is 0 Å². The second-order valence-corrected chi connectivity index (χ2v) is 8.02. The Kier molecular flexibility index (Phi) is 4.33. The molecule has 1 heterocycles. The summed E-state index contributed by atoms with van der Waals surface area (Å²) in [6, 6.07) is 10.9. The standard InChI is InChI=1S/C15H7IN4O4/c17-19-18-14-4-2-1-3-10(14)7-8-16-13-6-5-11(20(22)23)9-12(13)15(21)24-16/h1-6,9H. The number of carbonyl (C=O) groups is 1. The number of carbonyl (C=O) groups excluding carboxylic acids is 1. The van der Waals surface area contributed by atoms with Gasteiger partial charge < -0.3 is 0 Å². The Hall–Kier alpha value is -3.09. The number of non-ortho nitro benzene ring substituents is 1. The van der Waals surface area contributed by atoms with E-state index in [2.05, 4.69) is 19.9 Å². The molecule has 0 amide bonds. The molecule has 0 saturated carbocycles. The monoisotopic (exact) mass is 434 g/mol. The maximum atomic E-state index is 11.9. The molecule has 0 saturated heterocycles. The molecule has 0 aromatic heterocycles. The molecule has 0 fully saturated rings. The third-order valence-electron chi connectivity index (χ3n) is 3.04. The van der Waals surface area contributed by atoms with Crippen LogP contribution in [-0.4, -0.2) is 10.9 Å². The average molecular weight is 434 g/mol. The normalized spacial score (nSPS) is 13.2. The molecule has 9 heteroatoms. The van der Waals surface area contributed by atoms with E-state index < -0.39 is 31.1 Å². The molecule has 118 valence electrons. The van der Waals surface area contributed by atoms with Crippen molar-refractivity contribution in [2.45, 2.75) is 0 Å². The third-order valence-corrected chi connectivity index (χ3v) is 6.63. The Balaban J connectivity index is 1.97. The molecule has 24 heavy (non-hydrogen) atoms. The van der Waals surface area contributed by atoms with Gasteiger partial charge in [-0.05, 0) is 0 Å². The van der Waals surface area contributed by atoms with E-state index in [1.165, 1.54) is 18.2 Å². The minimum absolute atomic E-state index is 0.162. The van der Waals surface area contributed by atoms with E-state index in [9.17, 15) is 14.9 Å². The molecule has 8 nitrogen and oxygen atoms in total. The van der Waals surface area contributed by atoms with Gasteiger partial charge in [0.25, 0.3) is 0 Å². The van der Waals surface area contributed by atoms with Gasteiger partial charge in [0.15, 0.2) is 0 Å². The van der Waals surface area contributed by atoms with Crippen molar-refractivity contribution in [3.63, 3.8) is 0 Å². The molecule has 0 atom stereocenters. The Labute approximate surface area is 143 Å². The van der Waals surface area contributed by atoms with Crippen molar-refractivity contribution in [1.29, 1.82) is 0 Å². The van der Waals surface area contributed by atoms with Crippen molar-refractivity contribution in [3.8, 4) is 9.85 Å². The zero-order valence-corrected chi connectivity index (χ0v) is 14.0. The van der Waals surface area contributed by atoms with Crippen molar-refractivity contribution >= 4 is 37.6 Å². The van der Waals surface area contributed by atoms with Gasteiger partial charge in [0.05, 0.1) is 0 Å². The predicted octanol–water partition coefficient (Wildman–Crippen LogP) is 4.31. The van der Waals surface area contributed by atoms with Crippen molar-refractivity contribution in [2.24, 2.45) is 5.11 Å². The number of benzene rings is 2. The van der Waals surface area contributed by atoms with Gasteiger partial charge in [-0.1, -0.05) is 0 Å². The number of halogens is 1. The van der Waals surface area contributed by atoms with Gasteiger partial charge in [0.1, 0.15) is 0 Å². The van der Waals surface area contributed by atoms with Crippen LogP contribution in [0.25, 0.3) is 10.4 Å². The maximum absolute atomic E-state index is 11.9. The number of nitro groups is 1. The summed E-state index contributed by atoms with van der Waals surface area (Å²) in [5, 5.41) is 14.4. The zero-order valence-electron chi connectivity index (χ0n) is 11.8. The number of rotatable bonds is 2. The summed E-state index contributed by atoms with van der Waals surface area (Å²) in [5.74, 6) is 2.30. The summed E-state index contributed by atoms with van der Waals surface area (Å²) < 4.78 is 8.88. The molecular weight excluding hydrogens is 427 g/mol. The van der Waals surface area contributed by atoms with Crippen LogP contribution < -0.4 is 0 Å². The van der Waals surface area contributed by atoms with Crippen LogP contribution in [0, 0.1) is 23.5 Å². The first kappa shape index (κ1) is 15.8. The Morgan fingerprint density at radius 1 is 1.29 bits per heavy atom. The molecule has 2 aromatic carbocycles. The SMILES string of the molecule is [N-]=[N+]=Nc1ccccc1C#CI1OC(=O)c2cc([N+](=O)[O-])ccc21. The summed E-state index contributed by atoms with van der Waals surface area (Å²) in [6.07, 6.45) is 0. The fourth-order valence-electron chi connectivity index (χ4n) is 1.96. The molecule has 1 aliphatic heterocycles. The van der Waals surface area contributed by atoms with Crippen LogP contribution in [0.15, 0.2) is 47.6 Å². The Morgan fingerprint density at radius 2 is 2.08 bits per heavy atom. The molecule has 0 radical (unpaired) electrons. The predicted molar refractivity (Wildman–Crippen MR) is 93.4 cm³/mol. The third kappa shape index (κ3) is 3.01. The number of hydrogen-bond acceptors (Lipinski definition) is 5. The summed E-state index contributed by atoms with van der Waals surface area (Å²) in [4.78, 5) is 24.9. The molecule has 0 unspecified atom stereocenters. The summed E-state index contributed by atoms with van der Waals surface area (Å²) in [7, 11) is 0. The molecular formula is C15H7IN4O4. The van der Waals surface area contributed by atoms with Gasteiger partial charge in [-0.25, -0.2) is 0 Å². The van der Waals surface area contributed by atoms with Crippen LogP contribution in [0.1, 0.15) is 15.9 Å². The summed E-state index contributed by atoms with van der Waals surface area (Å²) >= 11 is -2.56. The van der Waals surface area contributed by atoms with E-state index in [1.54, 1.807) is 24.3 Å². The molecule has 0 N–H and O–H groups in total. The number of hydrogen-bond donors (Lipinski definition) is 0. The quantitative estimate of drug-likeness (QED) is 0.133. The molecule has 0 spiro atoms. The van der Waals surface area contributed by atoms with Crippen LogP contribution in [0.4, 0.5) is 11.4 Å². The molecule has 2 aromatic rings. The zero-order chi connectivity index (χ0) is 17.1. The van der Waals surface area contributed by atoms with Gasteiger partial charge in [-0.15, -0.1) is 0 Å². The first-order valence-electron chi connectivity index (χ1n) is 6.47. The van der Waals surface area contributed by atoms with Crippen LogP contribution in [-0.2, 0) is 3.07 Å². The number of fused-ring (bicyclic) bond motifs is 1. The number of azide groups is 1. The fourth-order valence-corrected chi connectivity index (χ4v) is 5.19. The first-order chi connectivity index (χ1) is 11.6. The molecule has 0 aliphatic carbocycles. The van der Waals surface area contributed by atoms with Crippen LogP contribution in [0.2, 0.25) is 0 Å². The van der Waals surface area contributed by atoms with E-state index in [0.29, 0.717) is 14.8 Å². The van der Waals surface area contributed by atoms with E-state index in [-0.39, 0.29) is 11.3 Å². The van der Waals surface area contributed by atoms with Gasteiger partial charge in [0.2, 0.25) is 0 Å². The van der Waals surface area contributed by atoms with Crippen molar-refractivity contribution in [1.82, 2.24) is 0 Å². The molecule has 1 aliphatic rings. The molecule has 0 bridgehead atoms. The minimum atomic E-state index is -2.56. The Morgan fingerprint density at radius 3 is 2.83 bits per heavy atom. The Bertz CT molecular complexity index is 973. The second kappa shape index (κ2) is 6.57. The average Bonchev–Trinajstić information content (AvgIpc) is 2.90. The van der Waals surface area contributed by atoms with Crippen LogP contribution >= 0.6 is 20.2 Å². The number of nitrogens with zero attached hydrogens (tertiary/aromatic N) is 4. The van der Waals surface area contributed by atoms with Gasteiger partial charge >= 0.3 is 143 Å². The number of nitro benzene ring substituents is 1. The topological polar surface area (TPSA) is 118 Å². The van der Waals surface area contributed by atoms with Gasteiger partial charge in [-0.2, -0.15) is 0 Å². The summed E-state index contributed by atoms with van der Waals surface area (Å²) in [6.45, 7) is 0. The van der Waals surface area contributed by atoms with E-state index in [0.717, 1.165) is 0 Å². The van der Waals surface area contributed by atoms with Crippen molar-refractivity contribution in [3.05, 3.63) is 77.7 Å². The van der Waals surface area contributed by atoms with Crippen molar-refractivity contribution < 1.29 is 12.8 Å². The van der Waals surface area contributed by atoms with E-state index in [4.69, 9.17) is 8.60 Å². The van der Waals surface area contributed by atoms with Crippen molar-refractivity contribution in [2.75, 3.05) is 0 Å². The molecule has 3 rings (SSSR count). The fraction of sp³-hybridized carbons (Fsp3) is 0.